The summed E-state index contributed by atoms with van der Waals surface area (Å²) in [4.78, 5) is 28.8. The summed E-state index contributed by atoms with van der Waals surface area (Å²) in [6.45, 7) is 0. The van der Waals surface area contributed by atoms with Crippen LogP contribution in [-0.2, 0) is 4.84 Å². The Morgan fingerprint density at radius 3 is 2.71 bits per heavy atom. The molecule has 6 nitrogen and oxygen atoms in total. The first kappa shape index (κ1) is 14.7. The molecule has 1 N–H and O–H groups in total. The molecule has 2 amide bonds. The molecule has 1 aromatic carbocycles. The second-order valence-electron chi connectivity index (χ2n) is 4.14. The van der Waals surface area contributed by atoms with Crippen LogP contribution in [0.1, 0.15) is 20.7 Å². The van der Waals surface area contributed by atoms with Gasteiger partial charge in [-0.1, -0.05) is 0 Å². The third kappa shape index (κ3) is 3.26. The number of rotatable bonds is 4. The molecule has 0 spiro atoms. The number of carbonyl (C=O) groups is 2. The minimum absolute atomic E-state index is 0.0510. The van der Waals surface area contributed by atoms with Crippen molar-refractivity contribution in [3.8, 4) is 0 Å². The molecule has 0 aliphatic carbocycles. The highest BCUT2D eigenvalue weighted by Crippen LogP contribution is 2.20. The van der Waals surface area contributed by atoms with Gasteiger partial charge in [-0.25, -0.2) is 9.45 Å². The van der Waals surface area contributed by atoms with Crippen LogP contribution in [0.4, 0.5) is 10.1 Å². The maximum atomic E-state index is 13.4. The fraction of sp³-hybridized carbons (Fsp3) is 0.143. The molecule has 0 saturated heterocycles. The van der Waals surface area contributed by atoms with Crippen LogP contribution >= 0.6 is 0 Å². The number of furan rings is 1. The molecule has 0 aliphatic rings. The summed E-state index contributed by atoms with van der Waals surface area (Å²) in [6.07, 6.45) is 2.59. The van der Waals surface area contributed by atoms with Gasteiger partial charge in [-0.05, 0) is 24.3 Å². The Labute approximate surface area is 120 Å². The SMILES string of the molecule is CON(C)C(=O)c1ccc(F)cc1NC(=O)c1ccoc1. The number of carbonyl (C=O) groups excluding carboxylic acids is 2. The smallest absolute Gasteiger partial charge is 0.279 e. The Morgan fingerprint density at radius 2 is 2.10 bits per heavy atom. The van der Waals surface area contributed by atoms with Crippen LogP contribution < -0.4 is 5.32 Å². The zero-order valence-corrected chi connectivity index (χ0v) is 11.4. The average Bonchev–Trinajstić information content (AvgIpc) is 3.00. The van der Waals surface area contributed by atoms with Crippen molar-refractivity contribution in [1.29, 1.82) is 0 Å². The Morgan fingerprint density at radius 1 is 1.33 bits per heavy atom. The fourth-order valence-electron chi connectivity index (χ4n) is 1.65. The van der Waals surface area contributed by atoms with Gasteiger partial charge in [-0.2, -0.15) is 0 Å². The van der Waals surface area contributed by atoms with Crippen molar-refractivity contribution < 1.29 is 23.2 Å². The van der Waals surface area contributed by atoms with E-state index in [0.29, 0.717) is 0 Å². The van der Waals surface area contributed by atoms with E-state index in [2.05, 4.69) is 5.32 Å². The van der Waals surface area contributed by atoms with Crippen LogP contribution in [0.5, 0.6) is 0 Å². The van der Waals surface area contributed by atoms with Crippen LogP contribution in [-0.4, -0.2) is 31.0 Å². The van der Waals surface area contributed by atoms with Crippen LogP contribution in [0.25, 0.3) is 0 Å². The molecular formula is C14H13FN2O4. The van der Waals surface area contributed by atoms with Gasteiger partial charge < -0.3 is 9.73 Å². The highest BCUT2D eigenvalue weighted by atomic mass is 19.1. The van der Waals surface area contributed by atoms with Gasteiger partial charge in [-0.15, -0.1) is 0 Å². The highest BCUT2D eigenvalue weighted by Gasteiger charge is 2.18. The largest absolute Gasteiger partial charge is 0.472 e. The van der Waals surface area contributed by atoms with E-state index in [9.17, 15) is 14.0 Å². The molecule has 0 aliphatic heterocycles. The number of amides is 2. The number of nitrogens with one attached hydrogen (secondary N) is 1. The van der Waals surface area contributed by atoms with Gasteiger partial charge in [0.15, 0.2) is 0 Å². The summed E-state index contributed by atoms with van der Waals surface area (Å²) in [7, 11) is 2.73. The number of hydrogen-bond donors (Lipinski definition) is 1. The summed E-state index contributed by atoms with van der Waals surface area (Å²) >= 11 is 0. The maximum Gasteiger partial charge on any atom is 0.279 e. The first-order valence-electron chi connectivity index (χ1n) is 5.98. The molecule has 1 heterocycles. The summed E-state index contributed by atoms with van der Waals surface area (Å²) < 4.78 is 18.2. The lowest BCUT2D eigenvalue weighted by Crippen LogP contribution is -2.27. The second kappa shape index (κ2) is 6.19. The van der Waals surface area contributed by atoms with E-state index < -0.39 is 17.6 Å². The van der Waals surface area contributed by atoms with Crippen molar-refractivity contribution in [1.82, 2.24) is 5.06 Å². The third-order valence-electron chi connectivity index (χ3n) is 2.80. The third-order valence-corrected chi connectivity index (χ3v) is 2.80. The van der Waals surface area contributed by atoms with Gasteiger partial charge in [0.25, 0.3) is 11.8 Å². The van der Waals surface area contributed by atoms with Gasteiger partial charge in [0, 0.05) is 7.05 Å². The van der Waals surface area contributed by atoms with Crippen molar-refractivity contribution in [2.24, 2.45) is 0 Å². The number of benzene rings is 1. The maximum absolute atomic E-state index is 13.4. The van der Waals surface area contributed by atoms with Gasteiger partial charge in [0.2, 0.25) is 0 Å². The molecule has 1 aromatic heterocycles. The lowest BCUT2D eigenvalue weighted by molar-refractivity contribution is -0.0756. The van der Waals surface area contributed by atoms with Gasteiger partial charge in [0.05, 0.1) is 30.2 Å². The molecule has 0 bridgehead atoms. The lowest BCUT2D eigenvalue weighted by Gasteiger charge is -2.16. The predicted molar refractivity (Wildman–Crippen MR) is 72.2 cm³/mol. The number of hydroxylamine groups is 2. The molecule has 0 unspecified atom stereocenters. The lowest BCUT2D eigenvalue weighted by atomic mass is 10.1. The highest BCUT2D eigenvalue weighted by molar-refractivity contribution is 6.08. The standard InChI is InChI=1S/C14H13FN2O4/c1-17(20-2)14(19)11-4-3-10(15)7-12(11)16-13(18)9-5-6-21-8-9/h3-8H,1-2H3,(H,16,18). The minimum Gasteiger partial charge on any atom is -0.472 e. The molecule has 0 saturated carbocycles. The average molecular weight is 292 g/mol. The van der Waals surface area contributed by atoms with Crippen molar-refractivity contribution in [2.45, 2.75) is 0 Å². The number of halogens is 1. The molecule has 2 rings (SSSR count). The van der Waals surface area contributed by atoms with Crippen LogP contribution in [0, 0.1) is 5.82 Å². The second-order valence-corrected chi connectivity index (χ2v) is 4.14. The Balaban J connectivity index is 2.31. The van der Waals surface area contributed by atoms with E-state index in [4.69, 9.17) is 9.25 Å². The molecule has 2 aromatic rings. The fourth-order valence-corrected chi connectivity index (χ4v) is 1.65. The molecular weight excluding hydrogens is 279 g/mol. The quantitative estimate of drug-likeness (QED) is 0.878. The van der Waals surface area contributed by atoms with Crippen LogP contribution in [0.2, 0.25) is 0 Å². The monoisotopic (exact) mass is 292 g/mol. The first-order chi connectivity index (χ1) is 10.0. The van der Waals surface area contributed by atoms with Gasteiger partial charge in [-0.3, -0.25) is 14.4 Å². The topological polar surface area (TPSA) is 71.8 Å². The molecule has 0 atom stereocenters. The molecule has 0 radical (unpaired) electrons. The number of anilines is 1. The Hall–Kier alpha value is -2.67. The number of nitrogens with zero attached hydrogens (tertiary/aromatic N) is 1. The predicted octanol–water partition coefficient (Wildman–Crippen LogP) is 2.30. The van der Waals surface area contributed by atoms with Crippen LogP contribution in [0.3, 0.4) is 0 Å². The Bertz CT molecular complexity index is 655. The van der Waals surface area contributed by atoms with Gasteiger partial charge >= 0.3 is 0 Å². The van der Waals surface area contributed by atoms with Crippen molar-refractivity contribution in [3.63, 3.8) is 0 Å². The summed E-state index contributed by atoms with van der Waals surface area (Å²) in [5.74, 6) is -1.60. The summed E-state index contributed by atoms with van der Waals surface area (Å²) in [5, 5.41) is 3.44. The first-order valence-corrected chi connectivity index (χ1v) is 5.98. The molecule has 0 fully saturated rings. The van der Waals surface area contributed by atoms with Crippen molar-refractivity contribution in [3.05, 3.63) is 53.7 Å². The molecule has 7 heteroatoms. The summed E-state index contributed by atoms with van der Waals surface area (Å²) in [6, 6.07) is 4.93. The van der Waals surface area contributed by atoms with E-state index in [-0.39, 0.29) is 16.8 Å². The van der Waals surface area contributed by atoms with E-state index in [1.54, 1.807) is 0 Å². The molecule has 21 heavy (non-hydrogen) atoms. The van der Waals surface area contributed by atoms with E-state index in [1.165, 1.54) is 38.8 Å². The zero-order valence-electron chi connectivity index (χ0n) is 11.4. The van der Waals surface area contributed by atoms with Crippen LogP contribution in [0.15, 0.2) is 41.2 Å². The number of hydrogen-bond acceptors (Lipinski definition) is 4. The van der Waals surface area contributed by atoms with Crippen molar-refractivity contribution >= 4 is 17.5 Å². The zero-order chi connectivity index (χ0) is 15.4. The summed E-state index contributed by atoms with van der Waals surface area (Å²) in [5.41, 5.74) is 0.422. The molecule has 110 valence electrons. The van der Waals surface area contributed by atoms with E-state index in [0.717, 1.165) is 17.2 Å². The minimum atomic E-state index is -0.575. The van der Waals surface area contributed by atoms with E-state index >= 15 is 0 Å². The van der Waals surface area contributed by atoms with Crippen molar-refractivity contribution in [2.75, 3.05) is 19.5 Å². The Kier molecular flexibility index (Phi) is 4.34. The normalized spacial score (nSPS) is 10.2. The van der Waals surface area contributed by atoms with E-state index in [1.807, 2.05) is 0 Å². The van der Waals surface area contributed by atoms with Gasteiger partial charge in [0.1, 0.15) is 12.1 Å².